The fourth-order valence-electron chi connectivity index (χ4n) is 3.39. The molecule has 0 unspecified atom stereocenters. The molecule has 2 amide bonds. The number of nitrogen functional groups attached to an aromatic ring is 1. The van der Waals surface area contributed by atoms with Crippen molar-refractivity contribution in [1.82, 2.24) is 10.2 Å². The number of hydrogen-bond acceptors (Lipinski definition) is 6. The Balaban J connectivity index is 2.04. The number of benzene rings is 2. The highest BCUT2D eigenvalue weighted by Crippen LogP contribution is 2.37. The van der Waals surface area contributed by atoms with E-state index >= 15 is 0 Å². The number of nitrogens with two attached hydrogens (primary N) is 3. The number of amides is 2. The van der Waals surface area contributed by atoms with E-state index in [0.29, 0.717) is 40.2 Å². The minimum atomic E-state index is -0.441. The summed E-state index contributed by atoms with van der Waals surface area (Å²) in [7, 11) is 1.56. The quantitative estimate of drug-likeness (QED) is 0.397. The molecule has 0 spiro atoms. The van der Waals surface area contributed by atoms with Crippen molar-refractivity contribution in [1.29, 1.82) is 0 Å². The molecule has 1 saturated heterocycles. The number of nitrogens with zero attached hydrogens (tertiary/aromatic N) is 1. The lowest BCUT2D eigenvalue weighted by atomic mass is 9.95. The molecule has 164 valence electrons. The fourth-order valence-corrected chi connectivity index (χ4v) is 3.39. The van der Waals surface area contributed by atoms with Gasteiger partial charge in [0, 0.05) is 47.6 Å². The number of methoxy groups -OCH3 is 1. The van der Waals surface area contributed by atoms with Gasteiger partial charge >= 0.3 is 0 Å². The molecule has 0 aliphatic carbocycles. The number of anilines is 1. The maximum absolute atomic E-state index is 12.7. The highest BCUT2D eigenvalue weighted by Gasteiger charge is 2.23. The number of carbonyl (C=O) groups excluding carboxylic acids is 2. The second kappa shape index (κ2) is 9.42. The summed E-state index contributed by atoms with van der Waals surface area (Å²) in [6.45, 7) is 3.97. The van der Waals surface area contributed by atoms with Crippen molar-refractivity contribution in [2.24, 2.45) is 11.5 Å². The Hall–Kier alpha value is -3.68. The molecule has 1 aliphatic heterocycles. The Morgan fingerprint density at radius 1 is 1.13 bits per heavy atom. The van der Waals surface area contributed by atoms with Gasteiger partial charge in [-0.3, -0.25) is 9.59 Å². The molecular formula is C23H29N5O3. The summed E-state index contributed by atoms with van der Waals surface area (Å²) in [6, 6.07) is 10.6. The predicted molar refractivity (Wildman–Crippen MR) is 122 cm³/mol. The topological polar surface area (TPSA) is 137 Å². The number of ether oxygens (including phenoxy) is 1. The van der Waals surface area contributed by atoms with Crippen LogP contribution < -0.4 is 27.3 Å². The van der Waals surface area contributed by atoms with Crippen LogP contribution in [0.5, 0.6) is 5.75 Å². The molecule has 8 heteroatoms. The first kappa shape index (κ1) is 22.0. The number of nitrogens with one attached hydrogen (secondary N) is 1. The Morgan fingerprint density at radius 2 is 1.87 bits per heavy atom. The summed E-state index contributed by atoms with van der Waals surface area (Å²) in [6.07, 6.45) is 1.80. The van der Waals surface area contributed by atoms with Crippen LogP contribution in [0.3, 0.4) is 0 Å². The van der Waals surface area contributed by atoms with E-state index in [0.717, 1.165) is 25.9 Å². The molecule has 1 aliphatic rings. The van der Waals surface area contributed by atoms with Crippen molar-refractivity contribution in [3.63, 3.8) is 0 Å². The van der Waals surface area contributed by atoms with Crippen molar-refractivity contribution in [3.05, 3.63) is 53.2 Å². The third-order valence-electron chi connectivity index (χ3n) is 5.35. The van der Waals surface area contributed by atoms with Gasteiger partial charge in [-0.25, -0.2) is 0 Å². The van der Waals surface area contributed by atoms with Crippen LogP contribution in [-0.4, -0.2) is 43.5 Å². The first-order chi connectivity index (χ1) is 14.9. The zero-order valence-electron chi connectivity index (χ0n) is 17.9. The maximum atomic E-state index is 12.7. The Labute approximate surface area is 182 Å². The van der Waals surface area contributed by atoms with Gasteiger partial charge in [0.15, 0.2) is 0 Å². The fraction of sp³-hybridized carbons (Fsp3) is 0.304. The lowest BCUT2D eigenvalue weighted by Gasteiger charge is -2.31. The van der Waals surface area contributed by atoms with Crippen LogP contribution in [0.4, 0.5) is 5.69 Å². The van der Waals surface area contributed by atoms with E-state index in [4.69, 9.17) is 21.9 Å². The summed E-state index contributed by atoms with van der Waals surface area (Å²) in [5.41, 5.74) is 21.3. The number of likely N-dealkylation sites (tertiary alicyclic amines) is 1. The number of carbonyl (C=O) groups is 2. The van der Waals surface area contributed by atoms with Crippen molar-refractivity contribution < 1.29 is 14.3 Å². The highest BCUT2D eigenvalue weighted by atomic mass is 16.5. The van der Waals surface area contributed by atoms with Gasteiger partial charge in [-0.2, -0.15) is 0 Å². The van der Waals surface area contributed by atoms with Gasteiger partial charge in [-0.1, -0.05) is 25.1 Å². The van der Waals surface area contributed by atoms with E-state index in [9.17, 15) is 9.59 Å². The Morgan fingerprint density at radius 3 is 2.48 bits per heavy atom. The molecular weight excluding hydrogens is 394 g/mol. The summed E-state index contributed by atoms with van der Waals surface area (Å²) in [4.78, 5) is 26.7. The van der Waals surface area contributed by atoms with E-state index in [1.54, 1.807) is 42.3 Å². The number of para-hydroxylation sites is 1. The van der Waals surface area contributed by atoms with Crippen LogP contribution in [0.1, 0.15) is 35.7 Å². The average molecular weight is 424 g/mol. The lowest BCUT2D eigenvalue weighted by molar-refractivity contribution is -0.117. The zero-order valence-corrected chi connectivity index (χ0v) is 17.9. The molecule has 7 N–H and O–H groups in total. The molecule has 31 heavy (non-hydrogen) atoms. The first-order valence-corrected chi connectivity index (χ1v) is 10.3. The van der Waals surface area contributed by atoms with Crippen LogP contribution in [0.15, 0.2) is 42.1 Å². The van der Waals surface area contributed by atoms with Gasteiger partial charge in [0.1, 0.15) is 11.4 Å². The van der Waals surface area contributed by atoms with Gasteiger partial charge in [0.25, 0.3) is 11.8 Å². The maximum Gasteiger partial charge on any atom is 0.269 e. The SMILES string of the molecule is CCCNC(=O)/C(N)=C(\N)c1cccc(-c2cc(C(=O)N3CCC3)ccc2OC)c1N. The molecule has 2 aromatic rings. The zero-order chi connectivity index (χ0) is 22.5. The average Bonchev–Trinajstić information content (AvgIpc) is 2.75. The molecule has 3 rings (SSSR count). The van der Waals surface area contributed by atoms with Gasteiger partial charge in [-0.05, 0) is 31.0 Å². The summed E-state index contributed by atoms with van der Waals surface area (Å²) >= 11 is 0. The largest absolute Gasteiger partial charge is 0.496 e. The van der Waals surface area contributed by atoms with Crippen LogP contribution in [0, 0.1) is 0 Å². The molecule has 2 aromatic carbocycles. The van der Waals surface area contributed by atoms with Crippen LogP contribution in [-0.2, 0) is 4.79 Å². The minimum Gasteiger partial charge on any atom is -0.496 e. The molecule has 1 heterocycles. The summed E-state index contributed by atoms with van der Waals surface area (Å²) in [5, 5.41) is 2.70. The first-order valence-electron chi connectivity index (χ1n) is 10.3. The van der Waals surface area contributed by atoms with E-state index in [1.165, 1.54) is 0 Å². The molecule has 0 atom stereocenters. The lowest BCUT2D eigenvalue weighted by Crippen LogP contribution is -2.42. The Bertz CT molecular complexity index is 1030. The van der Waals surface area contributed by atoms with Gasteiger partial charge < -0.3 is 32.2 Å². The monoisotopic (exact) mass is 423 g/mol. The Kier molecular flexibility index (Phi) is 6.69. The second-order valence-corrected chi connectivity index (χ2v) is 7.41. The predicted octanol–water partition coefficient (Wildman–Crippen LogP) is 1.90. The molecule has 1 fully saturated rings. The van der Waals surface area contributed by atoms with Crippen molar-refractivity contribution in [2.75, 3.05) is 32.5 Å². The summed E-state index contributed by atoms with van der Waals surface area (Å²) < 4.78 is 5.51. The number of hydrogen-bond donors (Lipinski definition) is 4. The van der Waals surface area contributed by atoms with Gasteiger partial charge in [0.05, 0.1) is 12.8 Å². The van der Waals surface area contributed by atoms with Gasteiger partial charge in [0.2, 0.25) is 0 Å². The third kappa shape index (κ3) is 4.42. The van der Waals surface area contributed by atoms with Crippen LogP contribution >= 0.6 is 0 Å². The highest BCUT2D eigenvalue weighted by molar-refractivity contribution is 6.02. The molecule has 0 radical (unpaired) electrons. The van der Waals surface area contributed by atoms with Crippen LogP contribution in [0.2, 0.25) is 0 Å². The molecule has 8 nitrogen and oxygen atoms in total. The van der Waals surface area contributed by atoms with Crippen LogP contribution in [0.25, 0.3) is 16.8 Å². The molecule has 0 bridgehead atoms. The van der Waals surface area contributed by atoms with E-state index in [1.807, 2.05) is 13.0 Å². The van der Waals surface area contributed by atoms with E-state index in [2.05, 4.69) is 5.32 Å². The molecule has 0 aromatic heterocycles. The van der Waals surface area contributed by atoms with E-state index in [-0.39, 0.29) is 17.3 Å². The normalized spacial score (nSPS) is 13.8. The second-order valence-electron chi connectivity index (χ2n) is 7.41. The summed E-state index contributed by atoms with van der Waals surface area (Å²) in [5.74, 6) is 0.102. The van der Waals surface area contributed by atoms with Gasteiger partial charge in [-0.15, -0.1) is 0 Å². The third-order valence-corrected chi connectivity index (χ3v) is 5.35. The van der Waals surface area contributed by atoms with Crippen molar-refractivity contribution >= 4 is 23.2 Å². The minimum absolute atomic E-state index is 0.0267. The smallest absolute Gasteiger partial charge is 0.269 e. The molecule has 0 saturated carbocycles. The van der Waals surface area contributed by atoms with Crippen molar-refractivity contribution in [3.8, 4) is 16.9 Å². The standard InChI is InChI=1S/C23H29N5O3/c1-3-10-27-22(29)21(26)20(25)16-7-4-6-15(19(16)24)17-13-14(8-9-18(17)31-2)23(30)28-11-5-12-28/h4,6-9,13H,3,5,10-12,24-26H2,1-2H3,(H,27,29)/b21-20+. The number of rotatable bonds is 7. The van der Waals surface area contributed by atoms with Crippen molar-refractivity contribution in [2.45, 2.75) is 19.8 Å². The van der Waals surface area contributed by atoms with E-state index < -0.39 is 5.91 Å².